The van der Waals surface area contributed by atoms with Crippen LogP contribution in [0, 0.1) is 0 Å². The van der Waals surface area contributed by atoms with Gasteiger partial charge in [0.1, 0.15) is 0 Å². The van der Waals surface area contributed by atoms with E-state index in [4.69, 9.17) is 0 Å². The number of rotatable bonds is 6. The average molecular weight is 483 g/mol. The molecule has 0 spiro atoms. The number of alkyl halides is 6. The summed E-state index contributed by atoms with van der Waals surface area (Å²) in [5, 5.41) is 5.74. The van der Waals surface area contributed by atoms with Gasteiger partial charge in [0, 0.05) is 26.6 Å². The third kappa shape index (κ3) is 10.4. The summed E-state index contributed by atoms with van der Waals surface area (Å²) >= 11 is 0. The highest BCUT2D eigenvalue weighted by Crippen LogP contribution is 2.29. The van der Waals surface area contributed by atoms with Gasteiger partial charge in [-0.2, -0.15) is 26.3 Å². The molecule has 10 heteroatoms. The molecule has 1 aromatic rings. The third-order valence-electron chi connectivity index (χ3n) is 3.14. The fourth-order valence-electron chi connectivity index (χ4n) is 1.88. The van der Waals surface area contributed by atoms with Crippen molar-refractivity contribution in [2.24, 2.45) is 4.99 Å². The van der Waals surface area contributed by atoms with Crippen molar-refractivity contribution in [3.63, 3.8) is 0 Å². The first-order chi connectivity index (χ1) is 11.1. The van der Waals surface area contributed by atoms with Crippen molar-refractivity contribution in [3.8, 4) is 0 Å². The molecule has 0 bridgehead atoms. The smallest absolute Gasteiger partial charge is 0.356 e. The lowest BCUT2D eigenvalue weighted by atomic mass is 10.1. The average Bonchev–Trinajstić information content (AvgIpc) is 2.48. The molecule has 2 N–H and O–H groups in total. The summed E-state index contributed by atoms with van der Waals surface area (Å²) in [4.78, 5) is 3.90. The zero-order valence-corrected chi connectivity index (χ0v) is 15.8. The first-order valence-electron chi connectivity index (χ1n) is 7.29. The second-order valence-electron chi connectivity index (χ2n) is 5.12. The summed E-state index contributed by atoms with van der Waals surface area (Å²) in [5.74, 6) is 0.377. The standard InChI is InChI=1S/C15H19F6N3.HI/c1-22-13(23-9-3-2-8-14(16,17)18)24-10-11-4-6-12(7-5-11)15(19,20)21;/h4-7H,2-3,8-10H2,1H3,(H2,22,23,24);1H. The molecule has 0 atom stereocenters. The second kappa shape index (κ2) is 10.7. The van der Waals surface area contributed by atoms with Gasteiger partial charge < -0.3 is 10.6 Å². The van der Waals surface area contributed by atoms with E-state index < -0.39 is 24.3 Å². The molecule has 0 saturated heterocycles. The monoisotopic (exact) mass is 483 g/mol. The van der Waals surface area contributed by atoms with E-state index in [1.807, 2.05) is 0 Å². The van der Waals surface area contributed by atoms with Gasteiger partial charge in [-0.3, -0.25) is 4.99 Å². The predicted molar refractivity (Wildman–Crippen MR) is 95.0 cm³/mol. The van der Waals surface area contributed by atoms with E-state index in [-0.39, 0.29) is 36.9 Å². The molecule has 0 amide bonds. The van der Waals surface area contributed by atoms with Crippen LogP contribution < -0.4 is 10.6 Å². The van der Waals surface area contributed by atoms with Crippen molar-refractivity contribution in [3.05, 3.63) is 35.4 Å². The fourth-order valence-corrected chi connectivity index (χ4v) is 1.88. The minimum Gasteiger partial charge on any atom is -0.356 e. The van der Waals surface area contributed by atoms with Gasteiger partial charge in [0.05, 0.1) is 5.56 Å². The maximum absolute atomic E-state index is 12.4. The van der Waals surface area contributed by atoms with E-state index in [9.17, 15) is 26.3 Å². The Hall–Kier alpha value is -1.20. The van der Waals surface area contributed by atoms with Crippen molar-refractivity contribution in [2.75, 3.05) is 13.6 Å². The van der Waals surface area contributed by atoms with Crippen LogP contribution in [-0.4, -0.2) is 25.7 Å². The van der Waals surface area contributed by atoms with Gasteiger partial charge in [0.2, 0.25) is 0 Å². The third-order valence-corrected chi connectivity index (χ3v) is 3.14. The van der Waals surface area contributed by atoms with Crippen LogP contribution in [0.25, 0.3) is 0 Å². The molecule has 144 valence electrons. The molecule has 0 aliphatic carbocycles. The van der Waals surface area contributed by atoms with E-state index in [0.717, 1.165) is 12.1 Å². The minimum absolute atomic E-state index is 0. The largest absolute Gasteiger partial charge is 0.416 e. The topological polar surface area (TPSA) is 36.4 Å². The summed E-state index contributed by atoms with van der Waals surface area (Å²) < 4.78 is 73.3. The highest BCUT2D eigenvalue weighted by molar-refractivity contribution is 14.0. The molecule has 0 fully saturated rings. The Morgan fingerprint density at radius 1 is 0.960 bits per heavy atom. The number of aliphatic imine (C=N–C) groups is 1. The van der Waals surface area contributed by atoms with Crippen LogP contribution in [0.3, 0.4) is 0 Å². The van der Waals surface area contributed by atoms with Gasteiger partial charge in [-0.15, -0.1) is 24.0 Å². The molecule has 1 rings (SSSR count). The number of halogens is 7. The number of hydrogen-bond acceptors (Lipinski definition) is 1. The molecular weight excluding hydrogens is 463 g/mol. The Morgan fingerprint density at radius 2 is 1.56 bits per heavy atom. The highest BCUT2D eigenvalue weighted by Gasteiger charge is 2.29. The summed E-state index contributed by atoms with van der Waals surface area (Å²) in [6.07, 6.45) is -9.00. The number of nitrogens with one attached hydrogen (secondary N) is 2. The quantitative estimate of drug-likeness (QED) is 0.202. The Labute approximate surface area is 159 Å². The van der Waals surface area contributed by atoms with Gasteiger partial charge in [-0.1, -0.05) is 12.1 Å². The van der Waals surface area contributed by atoms with Crippen molar-refractivity contribution in [1.29, 1.82) is 0 Å². The lowest BCUT2D eigenvalue weighted by Gasteiger charge is -2.13. The molecule has 0 unspecified atom stereocenters. The van der Waals surface area contributed by atoms with Crippen LogP contribution in [0.1, 0.15) is 30.4 Å². The SMILES string of the molecule is CN=C(NCCCCC(F)(F)F)NCc1ccc(C(F)(F)F)cc1.I. The van der Waals surface area contributed by atoms with Gasteiger partial charge in [-0.05, 0) is 30.5 Å². The van der Waals surface area contributed by atoms with Gasteiger partial charge in [0.15, 0.2) is 5.96 Å². The van der Waals surface area contributed by atoms with Gasteiger partial charge in [-0.25, -0.2) is 0 Å². The van der Waals surface area contributed by atoms with Crippen LogP contribution in [0.4, 0.5) is 26.3 Å². The first kappa shape index (κ1) is 23.8. The molecule has 0 aromatic heterocycles. The molecule has 0 heterocycles. The van der Waals surface area contributed by atoms with E-state index in [1.165, 1.54) is 19.2 Å². The summed E-state index contributed by atoms with van der Waals surface area (Å²) in [7, 11) is 1.50. The van der Waals surface area contributed by atoms with Crippen LogP contribution >= 0.6 is 24.0 Å². The van der Waals surface area contributed by atoms with Crippen LogP contribution in [-0.2, 0) is 12.7 Å². The van der Waals surface area contributed by atoms with E-state index in [0.29, 0.717) is 24.5 Å². The maximum Gasteiger partial charge on any atom is 0.416 e. The van der Waals surface area contributed by atoms with Crippen molar-refractivity contribution < 1.29 is 26.3 Å². The Morgan fingerprint density at radius 3 is 2.04 bits per heavy atom. The van der Waals surface area contributed by atoms with Crippen molar-refractivity contribution in [1.82, 2.24) is 10.6 Å². The number of guanidine groups is 1. The molecule has 25 heavy (non-hydrogen) atoms. The normalized spacial score (nSPS) is 12.5. The zero-order valence-electron chi connectivity index (χ0n) is 13.5. The van der Waals surface area contributed by atoms with E-state index in [2.05, 4.69) is 15.6 Å². The van der Waals surface area contributed by atoms with E-state index in [1.54, 1.807) is 0 Å². The summed E-state index contributed by atoms with van der Waals surface area (Å²) in [5.41, 5.74) is -0.0959. The molecule has 3 nitrogen and oxygen atoms in total. The molecule has 0 radical (unpaired) electrons. The fraction of sp³-hybridized carbons (Fsp3) is 0.533. The second-order valence-corrected chi connectivity index (χ2v) is 5.12. The Balaban J connectivity index is 0.00000576. The Kier molecular flexibility index (Phi) is 10.2. The lowest BCUT2D eigenvalue weighted by molar-refractivity contribution is -0.137. The number of nitrogens with zero attached hydrogens (tertiary/aromatic N) is 1. The lowest BCUT2D eigenvalue weighted by Crippen LogP contribution is -2.37. The molecule has 0 saturated carbocycles. The van der Waals surface area contributed by atoms with Crippen molar-refractivity contribution in [2.45, 2.75) is 38.2 Å². The number of hydrogen-bond donors (Lipinski definition) is 2. The number of unbranched alkanes of at least 4 members (excludes halogenated alkanes) is 1. The highest BCUT2D eigenvalue weighted by atomic mass is 127. The van der Waals surface area contributed by atoms with E-state index >= 15 is 0 Å². The maximum atomic E-state index is 12.4. The minimum atomic E-state index is -4.38. The molecule has 1 aromatic carbocycles. The zero-order chi connectivity index (χ0) is 18.2. The van der Waals surface area contributed by atoms with Crippen LogP contribution in [0.5, 0.6) is 0 Å². The van der Waals surface area contributed by atoms with Gasteiger partial charge in [0.25, 0.3) is 0 Å². The predicted octanol–water partition coefficient (Wildman–Crippen LogP) is 4.72. The Bertz CT molecular complexity index is 526. The molecule has 0 aliphatic rings. The summed E-state index contributed by atoms with van der Waals surface area (Å²) in [6.45, 7) is 0.573. The first-order valence-corrected chi connectivity index (χ1v) is 7.29. The van der Waals surface area contributed by atoms with Crippen LogP contribution in [0.15, 0.2) is 29.3 Å². The van der Waals surface area contributed by atoms with Crippen molar-refractivity contribution >= 4 is 29.9 Å². The van der Waals surface area contributed by atoms with Crippen LogP contribution in [0.2, 0.25) is 0 Å². The molecule has 0 aliphatic heterocycles. The number of benzene rings is 1. The van der Waals surface area contributed by atoms with Gasteiger partial charge >= 0.3 is 12.4 Å². The molecular formula is C15H20F6IN3. The summed E-state index contributed by atoms with van der Waals surface area (Å²) in [6, 6.07) is 4.69.